The van der Waals surface area contributed by atoms with Crippen LogP contribution in [0.25, 0.3) is 0 Å². The minimum Gasteiger partial charge on any atom is -0.454 e. The summed E-state index contributed by atoms with van der Waals surface area (Å²) < 4.78 is 17.5. The van der Waals surface area contributed by atoms with Gasteiger partial charge in [0.2, 0.25) is 5.91 Å². The van der Waals surface area contributed by atoms with Gasteiger partial charge in [-0.25, -0.2) is 0 Å². The van der Waals surface area contributed by atoms with Crippen LogP contribution in [0.1, 0.15) is 233 Å². The zero-order valence-corrected chi connectivity index (χ0v) is 46.2. The van der Waals surface area contributed by atoms with Gasteiger partial charge in [0.25, 0.3) is 0 Å². The number of allylic oxidation sites excluding steroid dienone is 13. The van der Waals surface area contributed by atoms with Crippen molar-refractivity contribution in [2.75, 3.05) is 13.2 Å². The molecular weight excluding hydrogens is 919 g/mol. The van der Waals surface area contributed by atoms with Crippen molar-refractivity contribution in [1.82, 2.24) is 5.32 Å². The largest absolute Gasteiger partial charge is 0.454 e. The fourth-order valence-electron chi connectivity index (χ4n) is 8.68. The smallest absolute Gasteiger partial charge is 0.306 e. The Balaban J connectivity index is 2.76. The standard InChI is InChI=1S/C62H107NO10/c1-4-7-10-13-16-19-22-25-26-27-28-29-30-32-35-38-41-44-47-50-57(67)73-60-59(69)58(68)56(51-64)72-62(60)71-52-53(54(65)48-45-42-39-36-33-24-21-18-15-12-9-6-3)63-61(70)55(66)49-46-43-40-37-34-31-23-20-17-14-11-8-5-2/h7,10,16,19,25-26,28-29,32,35,41,44-45,48,53-56,58-60,62,64-66,68-69H,4-6,8-9,11-15,17-18,20-24,27,30-31,33-34,36-40,42-43,46-47,49-52H2,1-3H3,(H,63,70)/b10-7-,19-16-,26-25-,29-28-,35-32-,44-41-,48-45+. The Labute approximate surface area is 444 Å². The molecule has 0 aromatic carbocycles. The number of carbonyl (C=O) groups is 2. The number of hydrogen-bond acceptors (Lipinski definition) is 10. The average molecular weight is 1030 g/mol. The summed E-state index contributed by atoms with van der Waals surface area (Å²) in [6.45, 7) is 5.62. The van der Waals surface area contributed by atoms with Crippen LogP contribution in [-0.2, 0) is 23.8 Å². The van der Waals surface area contributed by atoms with E-state index in [0.29, 0.717) is 19.3 Å². The molecule has 1 heterocycles. The summed E-state index contributed by atoms with van der Waals surface area (Å²) in [7, 11) is 0. The Kier molecular flexibility index (Phi) is 46.2. The molecule has 1 saturated heterocycles. The summed E-state index contributed by atoms with van der Waals surface area (Å²) in [5, 5.41) is 56.8. The number of aliphatic hydroxyl groups is 5. The number of aliphatic hydroxyl groups excluding tert-OH is 5. The average Bonchev–Trinajstić information content (AvgIpc) is 3.39. The number of unbranched alkanes of at least 4 members (excludes halogenated alkanes) is 22. The molecule has 0 saturated carbocycles. The third kappa shape index (κ3) is 38.1. The Morgan fingerprint density at radius 3 is 1.45 bits per heavy atom. The number of rotatable bonds is 48. The summed E-state index contributed by atoms with van der Waals surface area (Å²) in [6.07, 6.45) is 53.5. The van der Waals surface area contributed by atoms with Gasteiger partial charge >= 0.3 is 5.97 Å². The van der Waals surface area contributed by atoms with Gasteiger partial charge in [-0.05, 0) is 64.2 Å². The molecule has 0 aromatic rings. The van der Waals surface area contributed by atoms with Crippen LogP contribution < -0.4 is 5.32 Å². The number of nitrogens with one attached hydrogen (secondary N) is 1. The molecule has 73 heavy (non-hydrogen) atoms. The van der Waals surface area contributed by atoms with E-state index in [1.54, 1.807) is 6.08 Å². The molecule has 0 aliphatic carbocycles. The van der Waals surface area contributed by atoms with Crippen LogP contribution in [0.3, 0.4) is 0 Å². The molecule has 6 N–H and O–H groups in total. The van der Waals surface area contributed by atoms with E-state index >= 15 is 0 Å². The van der Waals surface area contributed by atoms with Gasteiger partial charge in [0.05, 0.1) is 25.4 Å². The van der Waals surface area contributed by atoms with E-state index in [0.717, 1.165) is 70.6 Å². The Hall–Kier alpha value is -3.16. The summed E-state index contributed by atoms with van der Waals surface area (Å²) in [5.74, 6) is -1.29. The highest BCUT2D eigenvalue weighted by Gasteiger charge is 2.47. The molecule has 1 rings (SSSR count). The molecule has 11 heteroatoms. The molecule has 1 amide bonds. The number of esters is 1. The lowest BCUT2D eigenvalue weighted by Crippen LogP contribution is -2.61. The fraction of sp³-hybridized carbons (Fsp3) is 0.742. The summed E-state index contributed by atoms with van der Waals surface area (Å²) in [4.78, 5) is 26.4. The minimum atomic E-state index is -1.65. The van der Waals surface area contributed by atoms with Crippen LogP contribution in [0.4, 0.5) is 0 Å². The SMILES string of the molecule is CC/C=C\C/C=C\C/C=C\C/C=C\C/C=C\C/C=C\CCC(=O)OC1C(OCC(NC(=O)C(O)CCCCCCCCCCCCCCC)C(O)/C=C/CCCCCCCCCCCC)OC(CO)C(O)C1O. The van der Waals surface area contributed by atoms with E-state index in [9.17, 15) is 35.1 Å². The Morgan fingerprint density at radius 1 is 0.548 bits per heavy atom. The van der Waals surface area contributed by atoms with Gasteiger partial charge in [-0.2, -0.15) is 0 Å². The highest BCUT2D eigenvalue weighted by molar-refractivity contribution is 5.80. The molecular formula is C62H107NO10. The number of hydrogen-bond donors (Lipinski definition) is 6. The lowest BCUT2D eigenvalue weighted by molar-refractivity contribution is -0.305. The van der Waals surface area contributed by atoms with Gasteiger partial charge in [0, 0.05) is 6.42 Å². The first-order valence-corrected chi connectivity index (χ1v) is 29.4. The van der Waals surface area contributed by atoms with Gasteiger partial charge in [0.1, 0.15) is 24.4 Å². The minimum absolute atomic E-state index is 0.00396. The summed E-state index contributed by atoms with van der Waals surface area (Å²) in [5.41, 5.74) is 0. The van der Waals surface area contributed by atoms with Crippen LogP contribution in [-0.4, -0.2) is 99.6 Å². The van der Waals surface area contributed by atoms with Crippen molar-refractivity contribution in [2.45, 2.75) is 282 Å². The molecule has 8 atom stereocenters. The van der Waals surface area contributed by atoms with Crippen LogP contribution in [0.2, 0.25) is 0 Å². The number of carbonyl (C=O) groups excluding carboxylic acids is 2. The molecule has 1 fully saturated rings. The van der Waals surface area contributed by atoms with Crippen LogP contribution >= 0.6 is 0 Å². The quantitative estimate of drug-likeness (QED) is 0.0195. The van der Waals surface area contributed by atoms with E-state index in [1.807, 2.05) is 18.2 Å². The lowest BCUT2D eigenvalue weighted by Gasteiger charge is -2.41. The number of ether oxygens (including phenoxy) is 3. The second-order valence-corrected chi connectivity index (χ2v) is 20.0. The molecule has 1 aliphatic rings. The van der Waals surface area contributed by atoms with Gasteiger partial charge < -0.3 is 45.1 Å². The molecule has 11 nitrogen and oxygen atoms in total. The van der Waals surface area contributed by atoms with E-state index < -0.39 is 67.4 Å². The zero-order valence-electron chi connectivity index (χ0n) is 46.2. The van der Waals surface area contributed by atoms with E-state index in [1.165, 1.54) is 109 Å². The first kappa shape index (κ1) is 67.9. The third-order valence-electron chi connectivity index (χ3n) is 13.3. The van der Waals surface area contributed by atoms with E-state index in [-0.39, 0.29) is 19.4 Å². The van der Waals surface area contributed by atoms with Crippen LogP contribution in [0.15, 0.2) is 85.1 Å². The lowest BCUT2D eigenvalue weighted by atomic mass is 9.99. The zero-order chi connectivity index (χ0) is 53.3. The third-order valence-corrected chi connectivity index (χ3v) is 13.3. The molecule has 0 radical (unpaired) electrons. The van der Waals surface area contributed by atoms with Crippen molar-refractivity contribution in [3.8, 4) is 0 Å². The first-order valence-electron chi connectivity index (χ1n) is 29.4. The maximum atomic E-state index is 13.4. The van der Waals surface area contributed by atoms with Crippen molar-refractivity contribution in [3.63, 3.8) is 0 Å². The normalized spacial score (nSPS) is 20.0. The fourth-order valence-corrected chi connectivity index (χ4v) is 8.68. The Bertz CT molecular complexity index is 1510. The van der Waals surface area contributed by atoms with Crippen LogP contribution in [0, 0.1) is 0 Å². The van der Waals surface area contributed by atoms with E-state index in [4.69, 9.17) is 14.2 Å². The first-order chi connectivity index (χ1) is 35.7. The predicted molar refractivity (Wildman–Crippen MR) is 301 cm³/mol. The monoisotopic (exact) mass is 1030 g/mol. The van der Waals surface area contributed by atoms with Crippen molar-refractivity contribution in [1.29, 1.82) is 0 Å². The van der Waals surface area contributed by atoms with Crippen molar-refractivity contribution in [3.05, 3.63) is 85.1 Å². The maximum Gasteiger partial charge on any atom is 0.306 e. The molecule has 0 spiro atoms. The van der Waals surface area contributed by atoms with Crippen LogP contribution in [0.5, 0.6) is 0 Å². The van der Waals surface area contributed by atoms with Crippen molar-refractivity contribution >= 4 is 11.9 Å². The molecule has 420 valence electrons. The maximum absolute atomic E-state index is 13.4. The molecule has 0 bridgehead atoms. The molecule has 0 aromatic heterocycles. The Morgan fingerprint density at radius 2 is 0.986 bits per heavy atom. The van der Waals surface area contributed by atoms with E-state index in [2.05, 4.69) is 86.8 Å². The number of amides is 1. The molecule has 1 aliphatic heterocycles. The highest BCUT2D eigenvalue weighted by atomic mass is 16.7. The second kappa shape index (κ2) is 49.7. The van der Waals surface area contributed by atoms with Crippen molar-refractivity contribution < 1.29 is 49.3 Å². The second-order valence-electron chi connectivity index (χ2n) is 20.0. The summed E-state index contributed by atoms with van der Waals surface area (Å²) in [6, 6.07) is -1.04. The predicted octanol–water partition coefficient (Wildman–Crippen LogP) is 13.4. The summed E-state index contributed by atoms with van der Waals surface area (Å²) >= 11 is 0. The highest BCUT2D eigenvalue weighted by Crippen LogP contribution is 2.26. The van der Waals surface area contributed by atoms with Gasteiger partial charge in [-0.15, -0.1) is 0 Å². The topological polar surface area (TPSA) is 175 Å². The van der Waals surface area contributed by atoms with Gasteiger partial charge in [0.15, 0.2) is 12.4 Å². The van der Waals surface area contributed by atoms with Crippen molar-refractivity contribution in [2.24, 2.45) is 0 Å². The molecule has 8 unspecified atom stereocenters. The van der Waals surface area contributed by atoms with Gasteiger partial charge in [-0.3, -0.25) is 9.59 Å². The van der Waals surface area contributed by atoms with Gasteiger partial charge in [-0.1, -0.05) is 247 Å².